The maximum absolute atomic E-state index is 12.3. The third-order valence-electron chi connectivity index (χ3n) is 3.52. The van der Waals surface area contributed by atoms with Crippen LogP contribution >= 0.6 is 0 Å². The molecule has 0 bridgehead atoms. The third kappa shape index (κ3) is 2.34. The number of carbonyl (C=O) groups excluding carboxylic acids is 1. The van der Waals surface area contributed by atoms with E-state index >= 15 is 0 Å². The summed E-state index contributed by atoms with van der Waals surface area (Å²) in [6.45, 7) is 0. The molecule has 1 atom stereocenters. The van der Waals surface area contributed by atoms with Gasteiger partial charge < -0.3 is 5.32 Å². The van der Waals surface area contributed by atoms with E-state index in [1.165, 1.54) is 0 Å². The van der Waals surface area contributed by atoms with E-state index in [0.717, 1.165) is 19.3 Å². The highest BCUT2D eigenvalue weighted by Gasteiger charge is 2.18. The minimum Gasteiger partial charge on any atom is -0.348 e. The Kier molecular flexibility index (Phi) is 3.33. The van der Waals surface area contributed by atoms with Gasteiger partial charge in [0.15, 0.2) is 5.69 Å². The Morgan fingerprint density at radius 2 is 2.05 bits per heavy atom. The number of carbonyl (C=O) groups is 1. The van der Waals surface area contributed by atoms with E-state index in [-0.39, 0.29) is 23.2 Å². The van der Waals surface area contributed by atoms with Crippen LogP contribution in [0.1, 0.15) is 29.8 Å². The second-order valence-electron chi connectivity index (χ2n) is 4.90. The molecule has 1 heterocycles. The van der Waals surface area contributed by atoms with E-state index < -0.39 is 0 Å². The van der Waals surface area contributed by atoms with Gasteiger partial charge in [-0.15, -0.1) is 0 Å². The number of hydrogen-bond acceptors (Lipinski definition) is 3. The molecule has 20 heavy (non-hydrogen) atoms. The fourth-order valence-corrected chi connectivity index (χ4v) is 2.47. The number of fused-ring (bicyclic) bond motifs is 1. The fraction of sp³-hybridized carbons (Fsp3) is 0.267. The van der Waals surface area contributed by atoms with Crippen molar-refractivity contribution in [1.82, 2.24) is 15.5 Å². The van der Waals surface area contributed by atoms with Gasteiger partial charge in [0.25, 0.3) is 11.5 Å². The molecule has 1 aliphatic carbocycles. The van der Waals surface area contributed by atoms with Gasteiger partial charge in [-0.3, -0.25) is 9.59 Å². The van der Waals surface area contributed by atoms with Gasteiger partial charge in [-0.2, -0.15) is 5.10 Å². The van der Waals surface area contributed by atoms with Crippen LogP contribution in [-0.2, 0) is 0 Å². The first-order valence-electron chi connectivity index (χ1n) is 6.69. The van der Waals surface area contributed by atoms with E-state index in [2.05, 4.69) is 27.7 Å². The minimum atomic E-state index is -0.280. The van der Waals surface area contributed by atoms with Crippen molar-refractivity contribution in [1.29, 1.82) is 0 Å². The predicted octanol–water partition coefficient (Wildman–Crippen LogP) is 1.76. The van der Waals surface area contributed by atoms with Gasteiger partial charge >= 0.3 is 0 Å². The van der Waals surface area contributed by atoms with Crippen LogP contribution in [0.15, 0.2) is 41.2 Å². The van der Waals surface area contributed by atoms with E-state index in [4.69, 9.17) is 0 Å². The van der Waals surface area contributed by atoms with Crippen molar-refractivity contribution in [3.05, 3.63) is 52.5 Å². The van der Waals surface area contributed by atoms with Gasteiger partial charge in [0.05, 0.1) is 5.39 Å². The molecule has 2 aromatic rings. The van der Waals surface area contributed by atoms with Crippen molar-refractivity contribution >= 4 is 16.7 Å². The molecule has 0 saturated carbocycles. The number of amides is 1. The number of nitrogens with one attached hydrogen (secondary N) is 2. The molecule has 0 spiro atoms. The van der Waals surface area contributed by atoms with Crippen molar-refractivity contribution in [2.24, 2.45) is 0 Å². The summed E-state index contributed by atoms with van der Waals surface area (Å²) in [6, 6.07) is 7.14. The lowest BCUT2D eigenvalue weighted by Gasteiger charge is -2.19. The Labute approximate surface area is 115 Å². The lowest BCUT2D eigenvalue weighted by atomic mass is 10.0. The molecule has 5 heteroatoms. The van der Waals surface area contributed by atoms with Gasteiger partial charge in [0, 0.05) is 11.4 Å². The molecule has 1 amide bonds. The van der Waals surface area contributed by atoms with Crippen LogP contribution in [0.25, 0.3) is 10.8 Å². The summed E-state index contributed by atoms with van der Waals surface area (Å²) in [5.74, 6) is -0.238. The quantitative estimate of drug-likeness (QED) is 0.816. The third-order valence-corrected chi connectivity index (χ3v) is 3.52. The SMILES string of the molecule is O=C(NC1CC=CCC1)c1n[nH]c(=O)c2ccccc12. The Balaban J connectivity index is 1.93. The highest BCUT2D eigenvalue weighted by Crippen LogP contribution is 2.14. The molecule has 1 aromatic carbocycles. The molecule has 0 radical (unpaired) electrons. The predicted molar refractivity (Wildman–Crippen MR) is 76.6 cm³/mol. The number of H-pyrrole nitrogens is 1. The largest absolute Gasteiger partial charge is 0.348 e. The van der Waals surface area contributed by atoms with Crippen LogP contribution in [0, 0.1) is 0 Å². The molecule has 0 fully saturated rings. The first kappa shape index (κ1) is 12.6. The van der Waals surface area contributed by atoms with Crippen molar-refractivity contribution in [3.63, 3.8) is 0 Å². The molecule has 3 rings (SSSR count). The molecule has 0 aliphatic heterocycles. The smallest absolute Gasteiger partial charge is 0.272 e. The van der Waals surface area contributed by atoms with Crippen LogP contribution in [0.3, 0.4) is 0 Å². The van der Waals surface area contributed by atoms with Crippen molar-refractivity contribution in [2.45, 2.75) is 25.3 Å². The summed E-state index contributed by atoms with van der Waals surface area (Å²) < 4.78 is 0. The zero-order valence-corrected chi connectivity index (χ0v) is 10.9. The number of rotatable bonds is 2. The van der Waals surface area contributed by atoms with Crippen LogP contribution in [0.2, 0.25) is 0 Å². The molecular formula is C15H15N3O2. The highest BCUT2D eigenvalue weighted by molar-refractivity contribution is 6.04. The van der Waals surface area contributed by atoms with Gasteiger partial charge in [-0.05, 0) is 25.3 Å². The Bertz CT molecular complexity index is 733. The van der Waals surface area contributed by atoms with Gasteiger partial charge in [-0.25, -0.2) is 5.10 Å². The topological polar surface area (TPSA) is 74.8 Å². The first-order valence-corrected chi connectivity index (χ1v) is 6.69. The molecule has 1 unspecified atom stereocenters. The van der Waals surface area contributed by atoms with E-state index in [0.29, 0.717) is 10.8 Å². The lowest BCUT2D eigenvalue weighted by molar-refractivity contribution is 0.0930. The monoisotopic (exact) mass is 269 g/mol. The summed E-state index contributed by atoms with van der Waals surface area (Å²) >= 11 is 0. The summed E-state index contributed by atoms with van der Waals surface area (Å²) in [7, 11) is 0. The standard InChI is InChI=1S/C15H15N3O2/c19-14-12-9-5-4-8-11(12)13(17-18-14)15(20)16-10-6-2-1-3-7-10/h1-2,4-5,8-10H,3,6-7H2,(H,16,20)(H,18,19). The molecule has 0 saturated heterocycles. The van der Waals surface area contributed by atoms with Gasteiger partial charge in [0.1, 0.15) is 0 Å². The minimum absolute atomic E-state index is 0.139. The first-order chi connectivity index (χ1) is 9.75. The van der Waals surface area contributed by atoms with E-state index in [1.807, 2.05) is 0 Å². The van der Waals surface area contributed by atoms with Crippen molar-refractivity contribution in [3.8, 4) is 0 Å². The van der Waals surface area contributed by atoms with E-state index in [9.17, 15) is 9.59 Å². The Hall–Kier alpha value is -2.43. The number of hydrogen-bond donors (Lipinski definition) is 2. The maximum atomic E-state index is 12.3. The second-order valence-corrected chi connectivity index (χ2v) is 4.90. The van der Waals surface area contributed by atoms with Gasteiger partial charge in [0.2, 0.25) is 0 Å². The summed E-state index contributed by atoms with van der Waals surface area (Å²) in [5.41, 5.74) is -0.00694. The highest BCUT2D eigenvalue weighted by atomic mass is 16.2. The van der Waals surface area contributed by atoms with E-state index in [1.54, 1.807) is 24.3 Å². The fourth-order valence-electron chi connectivity index (χ4n) is 2.47. The van der Waals surface area contributed by atoms with Crippen LogP contribution in [-0.4, -0.2) is 22.1 Å². The Morgan fingerprint density at radius 1 is 1.25 bits per heavy atom. The summed E-state index contributed by atoms with van der Waals surface area (Å²) in [4.78, 5) is 24.0. The Morgan fingerprint density at radius 3 is 2.80 bits per heavy atom. The average Bonchev–Trinajstić information content (AvgIpc) is 2.49. The number of allylic oxidation sites excluding steroid dienone is 1. The maximum Gasteiger partial charge on any atom is 0.272 e. The van der Waals surface area contributed by atoms with Gasteiger partial charge in [-0.1, -0.05) is 30.4 Å². The van der Waals surface area contributed by atoms with Crippen molar-refractivity contribution in [2.75, 3.05) is 0 Å². The van der Waals surface area contributed by atoms with Crippen LogP contribution in [0.4, 0.5) is 0 Å². The molecule has 2 N–H and O–H groups in total. The zero-order chi connectivity index (χ0) is 13.9. The molecule has 102 valence electrons. The number of aromatic nitrogens is 2. The van der Waals surface area contributed by atoms with Crippen LogP contribution < -0.4 is 10.9 Å². The summed E-state index contributed by atoms with van der Waals surface area (Å²) in [6.07, 6.45) is 6.95. The molecule has 5 nitrogen and oxygen atoms in total. The zero-order valence-electron chi connectivity index (χ0n) is 10.9. The second kappa shape index (κ2) is 5.28. The van der Waals surface area contributed by atoms with Crippen molar-refractivity contribution < 1.29 is 4.79 Å². The molecule has 1 aromatic heterocycles. The normalized spacial score (nSPS) is 18.1. The summed E-state index contributed by atoms with van der Waals surface area (Å²) in [5, 5.41) is 10.3. The average molecular weight is 269 g/mol. The lowest BCUT2D eigenvalue weighted by Crippen LogP contribution is -2.36. The number of aromatic amines is 1. The van der Waals surface area contributed by atoms with Crippen LogP contribution in [0.5, 0.6) is 0 Å². The molecule has 1 aliphatic rings. The number of nitrogens with zero attached hydrogens (tertiary/aromatic N) is 1. The molecular weight excluding hydrogens is 254 g/mol. The number of benzene rings is 1.